The Kier molecular flexibility index (Phi) is 4.70. The van der Waals surface area contributed by atoms with E-state index in [1.165, 1.54) is 5.56 Å². The van der Waals surface area contributed by atoms with Crippen molar-refractivity contribution in [3.63, 3.8) is 0 Å². The smallest absolute Gasteiger partial charge is 0.276 e. The Morgan fingerprint density at radius 2 is 1.82 bits per heavy atom. The second kappa shape index (κ2) is 7.09. The molecule has 0 radical (unpaired) electrons. The summed E-state index contributed by atoms with van der Waals surface area (Å²) in [4.78, 5) is 3.97. The molecule has 0 fully saturated rings. The first-order valence-corrected chi connectivity index (χ1v) is 7.83. The van der Waals surface area contributed by atoms with Gasteiger partial charge in [0.05, 0.1) is 7.11 Å². The predicted molar refractivity (Wildman–Crippen MR) is 85.0 cm³/mol. The molecule has 1 aromatic carbocycles. The number of pyridine rings is 1. The van der Waals surface area contributed by atoms with Crippen molar-refractivity contribution >= 4 is 11.8 Å². The van der Waals surface area contributed by atoms with Gasteiger partial charge in [-0.1, -0.05) is 23.9 Å². The maximum absolute atomic E-state index is 5.64. The Labute approximate surface area is 132 Å². The summed E-state index contributed by atoms with van der Waals surface area (Å²) >= 11 is 1.55. The van der Waals surface area contributed by atoms with Crippen molar-refractivity contribution in [3.05, 3.63) is 54.4 Å². The third kappa shape index (κ3) is 3.65. The second-order valence-corrected chi connectivity index (χ2v) is 5.60. The second-order valence-electron chi connectivity index (χ2n) is 4.56. The fourth-order valence-corrected chi connectivity index (χ4v) is 2.68. The van der Waals surface area contributed by atoms with Crippen molar-refractivity contribution in [1.29, 1.82) is 0 Å². The van der Waals surface area contributed by atoms with Crippen LogP contribution in [-0.2, 0) is 6.42 Å². The number of hydrogen-bond acceptors (Lipinski definition) is 6. The summed E-state index contributed by atoms with van der Waals surface area (Å²) in [5, 5.41) is 8.69. The van der Waals surface area contributed by atoms with Crippen LogP contribution in [0.5, 0.6) is 5.75 Å². The molecule has 3 rings (SSSR count). The highest BCUT2D eigenvalue weighted by Crippen LogP contribution is 2.23. The normalized spacial score (nSPS) is 10.6. The molecule has 0 saturated heterocycles. The van der Waals surface area contributed by atoms with Crippen molar-refractivity contribution in [1.82, 2.24) is 15.2 Å². The third-order valence-corrected chi connectivity index (χ3v) is 3.93. The monoisotopic (exact) mass is 313 g/mol. The summed E-state index contributed by atoms with van der Waals surface area (Å²) in [6.45, 7) is 0. The van der Waals surface area contributed by atoms with Crippen molar-refractivity contribution in [2.45, 2.75) is 11.6 Å². The molecule has 0 aliphatic rings. The zero-order chi connectivity index (χ0) is 15.2. The van der Waals surface area contributed by atoms with Crippen molar-refractivity contribution in [2.75, 3.05) is 12.9 Å². The molecule has 0 unspecified atom stereocenters. The Morgan fingerprint density at radius 1 is 1.05 bits per heavy atom. The average molecular weight is 313 g/mol. The van der Waals surface area contributed by atoms with E-state index < -0.39 is 0 Å². The third-order valence-electron chi connectivity index (χ3n) is 3.11. The van der Waals surface area contributed by atoms with Gasteiger partial charge in [0, 0.05) is 23.7 Å². The molecule has 0 atom stereocenters. The van der Waals surface area contributed by atoms with Crippen LogP contribution in [0.15, 0.2) is 58.4 Å². The van der Waals surface area contributed by atoms with E-state index >= 15 is 0 Å². The van der Waals surface area contributed by atoms with E-state index in [-0.39, 0.29) is 0 Å². The zero-order valence-corrected chi connectivity index (χ0v) is 12.9. The molecular formula is C16H15N3O2S. The highest BCUT2D eigenvalue weighted by molar-refractivity contribution is 7.99. The minimum absolute atomic E-state index is 0.523. The quantitative estimate of drug-likeness (QED) is 0.649. The average Bonchev–Trinajstić information content (AvgIpc) is 3.05. The first kappa shape index (κ1) is 14.6. The summed E-state index contributed by atoms with van der Waals surface area (Å²) in [5.41, 5.74) is 2.13. The molecule has 2 heterocycles. The molecule has 0 N–H and O–H groups in total. The zero-order valence-electron chi connectivity index (χ0n) is 12.1. The maximum atomic E-state index is 5.64. The molecule has 0 bridgehead atoms. The summed E-state index contributed by atoms with van der Waals surface area (Å²) in [6.07, 6.45) is 4.34. The van der Waals surface area contributed by atoms with Gasteiger partial charge in [-0.15, -0.1) is 10.2 Å². The molecule has 0 aliphatic carbocycles. The molecule has 0 aliphatic heterocycles. The van der Waals surface area contributed by atoms with E-state index in [0.29, 0.717) is 11.1 Å². The van der Waals surface area contributed by atoms with Gasteiger partial charge in [-0.05, 0) is 36.2 Å². The number of benzene rings is 1. The maximum Gasteiger partial charge on any atom is 0.276 e. The Bertz CT molecular complexity index is 714. The van der Waals surface area contributed by atoms with Gasteiger partial charge in [0.1, 0.15) is 5.75 Å². The molecule has 22 heavy (non-hydrogen) atoms. The minimum atomic E-state index is 0.523. The highest BCUT2D eigenvalue weighted by atomic mass is 32.2. The summed E-state index contributed by atoms with van der Waals surface area (Å²) in [5.74, 6) is 2.27. The van der Waals surface area contributed by atoms with Gasteiger partial charge in [0.25, 0.3) is 5.22 Å². The van der Waals surface area contributed by atoms with Crippen molar-refractivity contribution in [3.8, 4) is 17.2 Å². The molecule has 6 heteroatoms. The Morgan fingerprint density at radius 3 is 2.55 bits per heavy atom. The van der Waals surface area contributed by atoms with E-state index in [9.17, 15) is 0 Å². The van der Waals surface area contributed by atoms with Crippen LogP contribution < -0.4 is 4.74 Å². The number of ether oxygens (including phenoxy) is 1. The Hall–Kier alpha value is -2.34. The lowest BCUT2D eigenvalue weighted by Gasteiger charge is -2.02. The van der Waals surface area contributed by atoms with Crippen molar-refractivity contribution < 1.29 is 9.15 Å². The standard InChI is InChI=1S/C16H15N3O2S/c1-20-14-4-2-12(3-5-14)8-11-22-16-19-18-15(21-16)13-6-9-17-10-7-13/h2-7,9-10H,8,11H2,1H3. The summed E-state index contributed by atoms with van der Waals surface area (Å²) < 4.78 is 10.8. The van der Waals surface area contributed by atoms with E-state index in [2.05, 4.69) is 27.3 Å². The number of rotatable bonds is 6. The highest BCUT2D eigenvalue weighted by Gasteiger charge is 2.08. The first-order chi connectivity index (χ1) is 10.8. The molecule has 3 aromatic rings. The first-order valence-electron chi connectivity index (χ1n) is 6.85. The van der Waals surface area contributed by atoms with Crippen LogP contribution in [0.4, 0.5) is 0 Å². The molecule has 0 saturated carbocycles. The molecule has 112 valence electrons. The SMILES string of the molecule is COc1ccc(CCSc2nnc(-c3ccncc3)o2)cc1. The Balaban J connectivity index is 1.54. The van der Waals surface area contributed by atoms with Crippen LogP contribution in [0.1, 0.15) is 5.56 Å². The van der Waals surface area contributed by atoms with E-state index in [1.807, 2.05) is 24.3 Å². The number of nitrogens with zero attached hydrogens (tertiary/aromatic N) is 3. The lowest BCUT2D eigenvalue weighted by molar-refractivity contribution is 0.414. The van der Waals surface area contributed by atoms with Gasteiger partial charge >= 0.3 is 0 Å². The predicted octanol–water partition coefficient (Wildman–Crippen LogP) is 3.48. The lowest BCUT2D eigenvalue weighted by atomic mass is 10.2. The molecule has 0 amide bonds. The van der Waals surface area contributed by atoms with Gasteiger partial charge in [-0.25, -0.2) is 0 Å². The number of methoxy groups -OCH3 is 1. The van der Waals surface area contributed by atoms with Gasteiger partial charge in [-0.2, -0.15) is 0 Å². The lowest BCUT2D eigenvalue weighted by Crippen LogP contribution is -1.89. The fraction of sp³-hybridized carbons (Fsp3) is 0.188. The minimum Gasteiger partial charge on any atom is -0.497 e. The van der Waals surface area contributed by atoms with Crippen LogP contribution in [0.3, 0.4) is 0 Å². The molecular weight excluding hydrogens is 298 g/mol. The van der Waals surface area contributed by atoms with E-state index in [1.54, 1.807) is 31.3 Å². The van der Waals surface area contributed by atoms with Crippen molar-refractivity contribution in [2.24, 2.45) is 0 Å². The molecule has 5 nitrogen and oxygen atoms in total. The number of aromatic nitrogens is 3. The summed E-state index contributed by atoms with van der Waals surface area (Å²) in [6, 6.07) is 11.8. The number of hydrogen-bond donors (Lipinski definition) is 0. The van der Waals surface area contributed by atoms with Crippen LogP contribution in [0.2, 0.25) is 0 Å². The molecule has 2 aromatic heterocycles. The van der Waals surface area contributed by atoms with E-state index in [0.717, 1.165) is 23.5 Å². The van der Waals surface area contributed by atoms with Crippen LogP contribution in [0, 0.1) is 0 Å². The number of aryl methyl sites for hydroxylation is 1. The van der Waals surface area contributed by atoms with Crippen LogP contribution in [0.25, 0.3) is 11.5 Å². The van der Waals surface area contributed by atoms with Gasteiger partial charge < -0.3 is 9.15 Å². The molecule has 0 spiro atoms. The largest absolute Gasteiger partial charge is 0.497 e. The van der Waals surface area contributed by atoms with Crippen LogP contribution >= 0.6 is 11.8 Å². The number of thioether (sulfide) groups is 1. The van der Waals surface area contributed by atoms with Crippen LogP contribution in [-0.4, -0.2) is 28.0 Å². The fourth-order valence-electron chi connectivity index (χ4n) is 1.93. The van der Waals surface area contributed by atoms with Gasteiger partial charge in [-0.3, -0.25) is 4.98 Å². The topological polar surface area (TPSA) is 61.0 Å². The van der Waals surface area contributed by atoms with E-state index in [4.69, 9.17) is 9.15 Å². The van der Waals surface area contributed by atoms with Gasteiger partial charge in [0.15, 0.2) is 0 Å². The van der Waals surface area contributed by atoms with Gasteiger partial charge in [0.2, 0.25) is 5.89 Å². The summed E-state index contributed by atoms with van der Waals surface area (Å²) in [7, 11) is 1.67.